The number of aromatic nitrogens is 2. The highest BCUT2D eigenvalue weighted by atomic mass is 35.5. The first-order valence-electron chi connectivity index (χ1n) is 5.81. The molecule has 0 bridgehead atoms. The fourth-order valence-electron chi connectivity index (χ4n) is 1.47. The molecule has 5 heteroatoms. The zero-order chi connectivity index (χ0) is 11.8. The van der Waals surface area contributed by atoms with Crippen LogP contribution in [-0.4, -0.2) is 22.6 Å². The second-order valence-corrected chi connectivity index (χ2v) is 3.95. The van der Waals surface area contributed by atoms with Crippen molar-refractivity contribution in [2.75, 3.05) is 12.5 Å². The van der Waals surface area contributed by atoms with Gasteiger partial charge in [-0.2, -0.15) is 4.98 Å². The SMILES string of the molecule is CCCC(OCC)c1noc(CCCCl)n1. The second kappa shape index (κ2) is 7.63. The first-order chi connectivity index (χ1) is 7.81. The van der Waals surface area contributed by atoms with Gasteiger partial charge >= 0.3 is 0 Å². The van der Waals surface area contributed by atoms with Gasteiger partial charge in [0, 0.05) is 18.9 Å². The number of hydrogen-bond acceptors (Lipinski definition) is 4. The predicted molar refractivity (Wildman–Crippen MR) is 62.6 cm³/mol. The Balaban J connectivity index is 2.58. The van der Waals surface area contributed by atoms with Gasteiger partial charge in [-0.05, 0) is 19.8 Å². The minimum Gasteiger partial charge on any atom is -0.370 e. The summed E-state index contributed by atoms with van der Waals surface area (Å²) in [6.45, 7) is 4.74. The molecule has 0 saturated carbocycles. The van der Waals surface area contributed by atoms with E-state index in [0.29, 0.717) is 24.2 Å². The second-order valence-electron chi connectivity index (χ2n) is 3.57. The smallest absolute Gasteiger partial charge is 0.226 e. The number of nitrogens with zero attached hydrogens (tertiary/aromatic N) is 2. The van der Waals surface area contributed by atoms with Gasteiger partial charge in [-0.25, -0.2) is 0 Å². The van der Waals surface area contributed by atoms with Crippen LogP contribution < -0.4 is 0 Å². The van der Waals surface area contributed by atoms with Crippen molar-refractivity contribution in [3.05, 3.63) is 11.7 Å². The molecule has 4 nitrogen and oxygen atoms in total. The molecule has 0 amide bonds. The Labute approximate surface area is 101 Å². The van der Waals surface area contributed by atoms with E-state index in [0.717, 1.165) is 25.7 Å². The van der Waals surface area contributed by atoms with Gasteiger partial charge in [0.2, 0.25) is 11.7 Å². The standard InChI is InChI=1S/C11H19ClN2O2/c1-3-6-9(15-4-2)11-13-10(16-14-11)7-5-8-12/h9H,3-8H2,1-2H3. The normalized spacial score (nSPS) is 12.9. The molecule has 0 spiro atoms. The van der Waals surface area contributed by atoms with E-state index in [-0.39, 0.29) is 6.10 Å². The zero-order valence-electron chi connectivity index (χ0n) is 9.91. The van der Waals surface area contributed by atoms with Crippen molar-refractivity contribution in [3.8, 4) is 0 Å². The summed E-state index contributed by atoms with van der Waals surface area (Å²) >= 11 is 5.61. The van der Waals surface area contributed by atoms with Crippen LogP contribution in [0.4, 0.5) is 0 Å². The number of hydrogen-bond donors (Lipinski definition) is 0. The Morgan fingerprint density at radius 1 is 1.44 bits per heavy atom. The Kier molecular flexibility index (Phi) is 6.42. The van der Waals surface area contributed by atoms with Crippen LogP contribution in [0.2, 0.25) is 0 Å². The molecule has 1 aromatic heterocycles. The molecular formula is C11H19ClN2O2. The van der Waals surface area contributed by atoms with E-state index in [9.17, 15) is 0 Å². The third-order valence-corrected chi connectivity index (χ3v) is 2.48. The van der Waals surface area contributed by atoms with E-state index < -0.39 is 0 Å². The van der Waals surface area contributed by atoms with Crippen molar-refractivity contribution in [2.24, 2.45) is 0 Å². The summed E-state index contributed by atoms with van der Waals surface area (Å²) in [6.07, 6.45) is 3.51. The minimum absolute atomic E-state index is 0.0384. The lowest BCUT2D eigenvalue weighted by molar-refractivity contribution is 0.0478. The van der Waals surface area contributed by atoms with Crippen LogP contribution in [0, 0.1) is 0 Å². The van der Waals surface area contributed by atoms with Gasteiger partial charge in [-0.1, -0.05) is 18.5 Å². The topological polar surface area (TPSA) is 48.2 Å². The fourth-order valence-corrected chi connectivity index (χ4v) is 1.60. The highest BCUT2D eigenvalue weighted by Gasteiger charge is 2.17. The summed E-state index contributed by atoms with van der Waals surface area (Å²) in [5, 5.41) is 3.95. The summed E-state index contributed by atoms with van der Waals surface area (Å²) < 4.78 is 10.7. The monoisotopic (exact) mass is 246 g/mol. The molecule has 0 radical (unpaired) electrons. The molecule has 0 aliphatic carbocycles. The molecule has 0 N–H and O–H groups in total. The van der Waals surface area contributed by atoms with E-state index in [4.69, 9.17) is 20.9 Å². The van der Waals surface area contributed by atoms with Crippen LogP contribution in [-0.2, 0) is 11.2 Å². The third-order valence-electron chi connectivity index (χ3n) is 2.21. The molecule has 0 aromatic carbocycles. The largest absolute Gasteiger partial charge is 0.370 e. The van der Waals surface area contributed by atoms with Crippen LogP contribution in [0.3, 0.4) is 0 Å². The molecule has 0 saturated heterocycles. The zero-order valence-corrected chi connectivity index (χ0v) is 10.7. The van der Waals surface area contributed by atoms with Crippen molar-refractivity contribution < 1.29 is 9.26 Å². The number of aryl methyl sites for hydroxylation is 1. The van der Waals surface area contributed by atoms with E-state index in [1.54, 1.807) is 0 Å². The number of rotatable bonds is 8. The number of ether oxygens (including phenoxy) is 1. The maximum Gasteiger partial charge on any atom is 0.226 e. The molecule has 0 aliphatic heterocycles. The number of alkyl halides is 1. The van der Waals surface area contributed by atoms with Crippen molar-refractivity contribution in [1.29, 1.82) is 0 Å². The van der Waals surface area contributed by atoms with E-state index >= 15 is 0 Å². The molecular weight excluding hydrogens is 228 g/mol. The molecule has 1 heterocycles. The summed E-state index contributed by atoms with van der Waals surface area (Å²) in [7, 11) is 0. The van der Waals surface area contributed by atoms with E-state index in [1.165, 1.54) is 0 Å². The minimum atomic E-state index is -0.0384. The Hall–Kier alpha value is -0.610. The van der Waals surface area contributed by atoms with Gasteiger partial charge in [0.05, 0.1) is 0 Å². The predicted octanol–water partition coefficient (Wildman–Crippen LogP) is 3.12. The van der Waals surface area contributed by atoms with Gasteiger partial charge < -0.3 is 9.26 Å². The van der Waals surface area contributed by atoms with Crippen molar-refractivity contribution in [1.82, 2.24) is 10.1 Å². The van der Waals surface area contributed by atoms with Gasteiger partial charge in [0.15, 0.2) is 0 Å². The lowest BCUT2D eigenvalue weighted by Gasteiger charge is -2.11. The lowest BCUT2D eigenvalue weighted by Crippen LogP contribution is -2.06. The van der Waals surface area contributed by atoms with Crippen molar-refractivity contribution in [3.63, 3.8) is 0 Å². The highest BCUT2D eigenvalue weighted by molar-refractivity contribution is 6.17. The average Bonchev–Trinajstić information content (AvgIpc) is 2.74. The van der Waals surface area contributed by atoms with Gasteiger partial charge in [0.25, 0.3) is 0 Å². The average molecular weight is 247 g/mol. The number of halogens is 1. The third kappa shape index (κ3) is 4.10. The van der Waals surface area contributed by atoms with Crippen LogP contribution >= 0.6 is 11.6 Å². The Morgan fingerprint density at radius 2 is 2.25 bits per heavy atom. The Morgan fingerprint density at radius 3 is 2.88 bits per heavy atom. The molecule has 1 rings (SSSR count). The fraction of sp³-hybridized carbons (Fsp3) is 0.818. The first-order valence-corrected chi connectivity index (χ1v) is 6.35. The summed E-state index contributed by atoms with van der Waals surface area (Å²) in [4.78, 5) is 4.32. The molecule has 0 fully saturated rings. The van der Waals surface area contributed by atoms with Crippen molar-refractivity contribution >= 4 is 11.6 Å². The molecule has 0 aliphatic rings. The maximum atomic E-state index is 5.61. The molecule has 92 valence electrons. The lowest BCUT2D eigenvalue weighted by atomic mass is 10.2. The van der Waals surface area contributed by atoms with E-state index in [1.807, 2.05) is 6.92 Å². The molecule has 1 aromatic rings. The van der Waals surface area contributed by atoms with Crippen LogP contribution in [0.1, 0.15) is 50.9 Å². The van der Waals surface area contributed by atoms with Crippen LogP contribution in [0.5, 0.6) is 0 Å². The molecule has 1 atom stereocenters. The Bertz CT molecular complexity index is 285. The van der Waals surface area contributed by atoms with Gasteiger partial charge in [-0.15, -0.1) is 11.6 Å². The summed E-state index contributed by atoms with van der Waals surface area (Å²) in [5.41, 5.74) is 0. The van der Waals surface area contributed by atoms with Gasteiger partial charge in [-0.3, -0.25) is 0 Å². The molecule has 16 heavy (non-hydrogen) atoms. The van der Waals surface area contributed by atoms with Crippen LogP contribution in [0.25, 0.3) is 0 Å². The van der Waals surface area contributed by atoms with E-state index in [2.05, 4.69) is 17.1 Å². The molecule has 1 unspecified atom stereocenters. The highest BCUT2D eigenvalue weighted by Crippen LogP contribution is 2.20. The quantitative estimate of drug-likeness (QED) is 0.662. The summed E-state index contributed by atoms with van der Waals surface area (Å²) in [5.74, 6) is 1.92. The van der Waals surface area contributed by atoms with Gasteiger partial charge in [0.1, 0.15) is 6.10 Å². The first kappa shape index (κ1) is 13.5. The summed E-state index contributed by atoms with van der Waals surface area (Å²) in [6, 6.07) is 0. The maximum absolute atomic E-state index is 5.61. The van der Waals surface area contributed by atoms with Crippen molar-refractivity contribution in [2.45, 2.75) is 45.6 Å². The van der Waals surface area contributed by atoms with Crippen LogP contribution in [0.15, 0.2) is 4.52 Å².